The third kappa shape index (κ3) is 463. The van der Waals surface area contributed by atoms with Gasteiger partial charge in [-0.15, -0.1) is 0 Å². The van der Waals surface area contributed by atoms with Crippen molar-refractivity contribution in [3.05, 3.63) is 8.13 Å². The molecule has 0 aliphatic carbocycles. The molecule has 0 aliphatic rings. The normalized spacial score (nSPS) is 7.47. The molecular weight excluding hydrogens is 631 g/mol. The van der Waals surface area contributed by atoms with E-state index in [0.717, 1.165) is 0 Å². The molecule has 0 amide bonds. The standard InChI is InChI=1S/2K.2N.3H2O.6O.2Os/h;;;;3*1H2;;;;;;;;/q2*+1;2*-1;;;;;;;;;;;. The van der Waals surface area contributed by atoms with E-state index < -0.39 is 29.4 Å². The fourth-order valence-electron chi connectivity index (χ4n) is 0. The van der Waals surface area contributed by atoms with Crippen molar-refractivity contribution in [1.82, 2.24) is 0 Å². The Morgan fingerprint density at radius 1 is 0.533 bits per heavy atom. The van der Waals surface area contributed by atoms with Crippen molar-refractivity contribution in [2.45, 2.75) is 0 Å². The molecule has 0 atom stereocenters. The molecule has 0 saturated heterocycles. The average molecular weight is 637 g/mol. The Labute approximate surface area is 173 Å². The SMILES string of the molecule is O.O.O.[K+].[K+].[N-]=[Os](=[O])(=[O])=[O].[N-]=[Os](=[O])(=[O])=[O]. The summed E-state index contributed by atoms with van der Waals surface area (Å²) >= 11 is -11.6. The Morgan fingerprint density at radius 2 is 0.533 bits per heavy atom. The zero-order valence-corrected chi connectivity index (χ0v) is 18.9. The second kappa shape index (κ2) is 19.2. The van der Waals surface area contributed by atoms with Crippen LogP contribution < -0.4 is 103 Å². The summed E-state index contributed by atoms with van der Waals surface area (Å²) in [5, 5.41) is 0. The molecule has 0 spiro atoms. The van der Waals surface area contributed by atoms with Gasteiger partial charge in [-0.3, -0.25) is 0 Å². The summed E-state index contributed by atoms with van der Waals surface area (Å²) in [6, 6.07) is 0. The molecule has 0 aromatic heterocycles. The molecular formula is H6K2N2O9Os2. The second-order valence-electron chi connectivity index (χ2n) is 0.741. The van der Waals surface area contributed by atoms with Crippen LogP contribution in [0.15, 0.2) is 0 Å². The van der Waals surface area contributed by atoms with Gasteiger partial charge in [-0.1, -0.05) is 0 Å². The Hall–Kier alpha value is 2.83. The van der Waals surface area contributed by atoms with Crippen LogP contribution in [0.3, 0.4) is 0 Å². The average Bonchev–Trinajstić information content (AvgIpc) is 1.12. The zero-order valence-electron chi connectivity index (χ0n) is 7.55. The summed E-state index contributed by atoms with van der Waals surface area (Å²) in [5.74, 6) is 0. The van der Waals surface area contributed by atoms with Crippen molar-refractivity contribution in [2.75, 3.05) is 0 Å². The quantitative estimate of drug-likeness (QED) is 0.234. The van der Waals surface area contributed by atoms with Gasteiger partial charge in [0.05, 0.1) is 0 Å². The molecule has 0 saturated carbocycles. The maximum absolute atomic E-state index is 8.74. The van der Waals surface area contributed by atoms with Gasteiger partial charge >= 0.3 is 162 Å². The van der Waals surface area contributed by atoms with Gasteiger partial charge in [0.1, 0.15) is 0 Å². The minimum atomic E-state index is -5.81. The minimum absolute atomic E-state index is 0. The van der Waals surface area contributed by atoms with E-state index in [1.807, 2.05) is 0 Å². The van der Waals surface area contributed by atoms with Crippen LogP contribution in [0.4, 0.5) is 0 Å². The first-order chi connectivity index (χ1) is 4.00. The molecule has 0 fully saturated rings. The molecule has 11 nitrogen and oxygen atoms in total. The van der Waals surface area contributed by atoms with E-state index in [1.165, 1.54) is 0 Å². The van der Waals surface area contributed by atoms with Crippen molar-refractivity contribution >= 4 is 0 Å². The van der Waals surface area contributed by atoms with Crippen LogP contribution >= 0.6 is 0 Å². The molecule has 15 heteroatoms. The van der Waals surface area contributed by atoms with Crippen LogP contribution in [0.2, 0.25) is 0 Å². The summed E-state index contributed by atoms with van der Waals surface area (Å²) in [6.07, 6.45) is 0. The van der Waals surface area contributed by atoms with E-state index in [2.05, 4.69) is 0 Å². The molecule has 0 unspecified atom stereocenters. The van der Waals surface area contributed by atoms with Crippen LogP contribution in [0.5, 0.6) is 0 Å². The molecule has 6 N–H and O–H groups in total. The Morgan fingerprint density at radius 3 is 0.533 bits per heavy atom. The molecule has 0 aromatic rings. The number of hydrogen-bond donors (Lipinski definition) is 0. The van der Waals surface area contributed by atoms with Gasteiger partial charge in [-0.25, -0.2) is 0 Å². The van der Waals surface area contributed by atoms with Crippen LogP contribution in [-0.2, 0) is 50.6 Å². The Balaban J connectivity index is -0.0000000128. The van der Waals surface area contributed by atoms with Crippen molar-refractivity contribution in [3.63, 3.8) is 0 Å². The molecule has 15 heavy (non-hydrogen) atoms. The van der Waals surface area contributed by atoms with Crippen LogP contribution in [0.1, 0.15) is 0 Å². The first-order valence-corrected chi connectivity index (χ1v) is 9.68. The Kier molecular flexibility index (Phi) is 55.0. The molecule has 0 aromatic carbocycles. The van der Waals surface area contributed by atoms with E-state index in [4.69, 9.17) is 29.4 Å². The first-order valence-electron chi connectivity index (χ1n) is 1.18. The predicted molar refractivity (Wildman–Crippen MR) is 21.7 cm³/mol. The van der Waals surface area contributed by atoms with E-state index in [0.29, 0.717) is 0 Å². The molecule has 0 aliphatic heterocycles. The monoisotopic (exact) mass is 640 g/mol. The number of nitrogens with zero attached hydrogens (tertiary/aromatic N) is 2. The fraction of sp³-hybridized carbons (Fsp3) is 0. The van der Waals surface area contributed by atoms with Gasteiger partial charge in [-0.2, -0.15) is 0 Å². The summed E-state index contributed by atoms with van der Waals surface area (Å²) in [4.78, 5) is 0. The van der Waals surface area contributed by atoms with Gasteiger partial charge in [0, 0.05) is 0 Å². The van der Waals surface area contributed by atoms with Crippen LogP contribution in [-0.4, -0.2) is 16.4 Å². The van der Waals surface area contributed by atoms with E-state index in [-0.39, 0.29) is 119 Å². The third-order valence-electron chi connectivity index (χ3n) is 0. The molecule has 0 heterocycles. The van der Waals surface area contributed by atoms with E-state index >= 15 is 0 Å². The summed E-state index contributed by atoms with van der Waals surface area (Å²) in [6.45, 7) is 0. The second-order valence-corrected chi connectivity index (χ2v) is 6.06. The van der Waals surface area contributed by atoms with Gasteiger partial charge < -0.3 is 16.4 Å². The molecule has 88 valence electrons. The third-order valence-corrected chi connectivity index (χ3v) is 0. The van der Waals surface area contributed by atoms with E-state index in [1.54, 1.807) is 0 Å². The van der Waals surface area contributed by atoms with Crippen molar-refractivity contribution < 1.29 is 170 Å². The fourth-order valence-corrected chi connectivity index (χ4v) is 0. The topological polar surface area (TPSA) is 242 Å². The molecule has 0 rings (SSSR count). The number of hydrogen-bond acceptors (Lipinski definition) is 6. The summed E-state index contributed by atoms with van der Waals surface area (Å²) in [5.41, 5.74) is 0. The van der Waals surface area contributed by atoms with Crippen LogP contribution in [0.25, 0.3) is 8.13 Å². The zero-order chi connectivity index (χ0) is 9.00. The predicted octanol–water partition coefficient (Wildman–Crippen LogP) is -8.61. The van der Waals surface area contributed by atoms with Gasteiger partial charge in [0.25, 0.3) is 0 Å². The van der Waals surface area contributed by atoms with Crippen molar-refractivity contribution in [3.8, 4) is 0 Å². The number of rotatable bonds is 0. The summed E-state index contributed by atoms with van der Waals surface area (Å²) < 4.78 is 66.6. The molecule has 0 radical (unpaired) electrons. The summed E-state index contributed by atoms with van der Waals surface area (Å²) in [7, 11) is 0. The van der Waals surface area contributed by atoms with Gasteiger partial charge in [-0.05, 0) is 0 Å². The van der Waals surface area contributed by atoms with E-state index in [9.17, 15) is 0 Å². The van der Waals surface area contributed by atoms with Crippen molar-refractivity contribution in [1.29, 1.82) is 0 Å². The molecule has 0 bridgehead atoms. The maximum atomic E-state index is 8.74. The first kappa shape index (κ1) is 43.1. The van der Waals surface area contributed by atoms with Gasteiger partial charge in [0.15, 0.2) is 0 Å². The van der Waals surface area contributed by atoms with Gasteiger partial charge in [0.2, 0.25) is 0 Å². The van der Waals surface area contributed by atoms with Crippen LogP contribution in [0, 0.1) is 0 Å². The Bertz CT molecular complexity index is 382. The van der Waals surface area contributed by atoms with Crippen molar-refractivity contribution in [2.24, 2.45) is 0 Å².